The summed E-state index contributed by atoms with van der Waals surface area (Å²) in [4.78, 5) is 4.12. The van der Waals surface area contributed by atoms with Crippen LogP contribution in [0.1, 0.15) is 61.4 Å². The molecule has 3 aromatic rings. The molecule has 1 saturated heterocycles. The van der Waals surface area contributed by atoms with E-state index in [2.05, 4.69) is 56.0 Å². The Bertz CT molecular complexity index is 1270. The summed E-state index contributed by atoms with van der Waals surface area (Å²) in [5.41, 5.74) is 6.78. The molecule has 1 N–H and O–H groups in total. The lowest BCUT2D eigenvalue weighted by Crippen LogP contribution is -2.50. The minimum atomic E-state index is -4.38. The Morgan fingerprint density at radius 1 is 0.900 bits per heavy atom. The van der Waals surface area contributed by atoms with Crippen molar-refractivity contribution in [3.8, 4) is 11.1 Å². The number of halogens is 3. The maximum atomic E-state index is 13.3. The topological polar surface area (TPSA) is 35.9 Å². The molecule has 3 aromatic carbocycles. The van der Waals surface area contributed by atoms with Gasteiger partial charge in [-0.2, -0.15) is 13.2 Å². The highest BCUT2D eigenvalue weighted by molar-refractivity contribution is 5.67. The zero-order valence-electron chi connectivity index (χ0n) is 24.3. The summed E-state index contributed by atoms with van der Waals surface area (Å²) in [6.45, 7) is 13.9. The Morgan fingerprint density at radius 2 is 1.50 bits per heavy atom. The molecule has 0 amide bonds. The third-order valence-electron chi connectivity index (χ3n) is 7.78. The van der Waals surface area contributed by atoms with E-state index in [0.717, 1.165) is 47.4 Å². The number of hydrogen-bond donors (Lipinski definition) is 1. The zero-order chi connectivity index (χ0) is 29.2. The van der Waals surface area contributed by atoms with E-state index in [1.54, 1.807) is 12.1 Å². The fraction of sp³-hybridized carbons (Fsp3) is 0.455. The lowest BCUT2D eigenvalue weighted by Gasteiger charge is -2.42. The lowest BCUT2D eigenvalue weighted by atomic mass is 9.95. The highest BCUT2D eigenvalue weighted by atomic mass is 19.4. The summed E-state index contributed by atoms with van der Waals surface area (Å²) in [5, 5.41) is 10.6. The molecule has 0 aliphatic carbocycles. The molecular formula is C33H41F3N2O2. The fourth-order valence-electron chi connectivity index (χ4n) is 5.33. The first-order valence-corrected chi connectivity index (χ1v) is 13.9. The van der Waals surface area contributed by atoms with Gasteiger partial charge in [-0.25, -0.2) is 0 Å². The van der Waals surface area contributed by atoms with Crippen molar-refractivity contribution in [1.82, 2.24) is 4.90 Å². The smallest absolute Gasteiger partial charge is 0.364 e. The normalized spacial score (nSPS) is 16.2. The highest BCUT2D eigenvalue weighted by Gasteiger charge is 2.32. The van der Waals surface area contributed by atoms with Gasteiger partial charge in [-0.15, -0.1) is 0 Å². The lowest BCUT2D eigenvalue weighted by molar-refractivity contribution is -0.242. The summed E-state index contributed by atoms with van der Waals surface area (Å²) in [6, 6.07) is 18.4. The van der Waals surface area contributed by atoms with Crippen LogP contribution in [0.4, 0.5) is 18.9 Å². The Hall–Kier alpha value is -2.87. The van der Waals surface area contributed by atoms with Crippen molar-refractivity contribution in [3.05, 3.63) is 88.5 Å². The Kier molecular flexibility index (Phi) is 8.98. The molecule has 40 heavy (non-hydrogen) atoms. The molecule has 0 saturated carbocycles. The van der Waals surface area contributed by atoms with Crippen molar-refractivity contribution in [1.29, 1.82) is 0 Å². The molecule has 1 fully saturated rings. The van der Waals surface area contributed by atoms with Crippen LogP contribution >= 0.6 is 0 Å². The molecule has 0 bridgehead atoms. The predicted octanol–water partition coefficient (Wildman–Crippen LogP) is 7.86. The van der Waals surface area contributed by atoms with Gasteiger partial charge >= 0.3 is 6.18 Å². The van der Waals surface area contributed by atoms with Gasteiger partial charge in [0, 0.05) is 31.4 Å². The molecule has 1 heterocycles. The van der Waals surface area contributed by atoms with E-state index in [-0.39, 0.29) is 6.04 Å². The van der Waals surface area contributed by atoms with Crippen LogP contribution in [0.15, 0.2) is 60.7 Å². The van der Waals surface area contributed by atoms with Crippen molar-refractivity contribution in [3.63, 3.8) is 0 Å². The van der Waals surface area contributed by atoms with E-state index in [9.17, 15) is 18.3 Å². The predicted molar refractivity (Wildman–Crippen MR) is 155 cm³/mol. The minimum Gasteiger partial charge on any atom is -0.364 e. The number of piperidine rings is 1. The van der Waals surface area contributed by atoms with E-state index < -0.39 is 23.8 Å². The van der Waals surface area contributed by atoms with Crippen LogP contribution in [0, 0.1) is 20.8 Å². The maximum Gasteiger partial charge on any atom is 0.416 e. The molecule has 1 aliphatic heterocycles. The molecule has 7 heteroatoms. The van der Waals surface area contributed by atoms with E-state index in [4.69, 9.17) is 4.74 Å². The largest absolute Gasteiger partial charge is 0.416 e. The molecule has 1 aliphatic rings. The van der Waals surface area contributed by atoms with Crippen LogP contribution in [0.5, 0.6) is 0 Å². The Balaban J connectivity index is 1.59. The van der Waals surface area contributed by atoms with Gasteiger partial charge in [-0.05, 0) is 118 Å². The number of ether oxygens (including phenoxy) is 1. The summed E-state index contributed by atoms with van der Waals surface area (Å²) in [5.74, 6) is 0. The third-order valence-corrected chi connectivity index (χ3v) is 7.78. The first-order valence-electron chi connectivity index (χ1n) is 13.9. The van der Waals surface area contributed by atoms with Crippen LogP contribution < -0.4 is 4.90 Å². The van der Waals surface area contributed by atoms with Crippen LogP contribution in [-0.4, -0.2) is 41.2 Å². The second-order valence-electron chi connectivity index (χ2n) is 11.9. The van der Waals surface area contributed by atoms with Crippen LogP contribution in [0.25, 0.3) is 11.1 Å². The fourth-order valence-corrected chi connectivity index (χ4v) is 5.33. The Labute approximate surface area is 236 Å². The third kappa shape index (κ3) is 7.45. The molecule has 1 atom stereocenters. The second kappa shape index (κ2) is 11.9. The van der Waals surface area contributed by atoms with Crippen molar-refractivity contribution in [2.24, 2.45) is 0 Å². The molecular weight excluding hydrogens is 513 g/mol. The van der Waals surface area contributed by atoms with Crippen LogP contribution in [0.2, 0.25) is 0 Å². The average Bonchev–Trinajstić information content (AvgIpc) is 2.89. The first kappa shape index (κ1) is 30.1. The number of benzene rings is 3. The molecule has 216 valence electrons. The van der Waals surface area contributed by atoms with E-state index in [0.29, 0.717) is 19.6 Å². The number of likely N-dealkylation sites (tertiary alicyclic amines) is 1. The van der Waals surface area contributed by atoms with Crippen molar-refractivity contribution >= 4 is 5.69 Å². The highest BCUT2D eigenvalue weighted by Crippen LogP contribution is 2.33. The number of rotatable bonds is 7. The van der Waals surface area contributed by atoms with Gasteiger partial charge in [0.25, 0.3) is 0 Å². The number of aliphatic hydroxyl groups excluding tert-OH is 1. The van der Waals surface area contributed by atoms with Crippen LogP contribution in [-0.2, 0) is 17.5 Å². The number of aryl methyl sites for hydroxylation is 2. The van der Waals surface area contributed by atoms with Crippen molar-refractivity contribution < 1.29 is 23.0 Å². The summed E-state index contributed by atoms with van der Waals surface area (Å²) < 4.78 is 45.6. The van der Waals surface area contributed by atoms with E-state index >= 15 is 0 Å². The standard InChI is InChI=1S/C33H41F3N2O2/c1-22-18-27(19-23(2)24(22)3)26-9-7-8-25(20-26)21-38(29-12-10-28(11-13-29)33(34,35)36)30-14-16-37(17-15-30)31(39)40-32(4,5)6/h7-13,18-20,30-31,39H,14-17,21H2,1-6H3. The van der Waals surface area contributed by atoms with Gasteiger partial charge in [0.2, 0.25) is 6.41 Å². The van der Waals surface area contributed by atoms with Crippen molar-refractivity contribution in [2.75, 3.05) is 18.0 Å². The SMILES string of the molecule is Cc1cc(-c2cccc(CN(c3ccc(C(F)(F)F)cc3)C3CCN(C(O)OC(C)(C)C)CC3)c2)cc(C)c1C. The second-order valence-corrected chi connectivity index (χ2v) is 11.9. The molecule has 0 radical (unpaired) electrons. The maximum absolute atomic E-state index is 13.3. The van der Waals surface area contributed by atoms with Gasteiger partial charge in [-0.3, -0.25) is 4.90 Å². The molecule has 0 spiro atoms. The van der Waals surface area contributed by atoms with Gasteiger partial charge in [0.05, 0.1) is 11.2 Å². The Morgan fingerprint density at radius 3 is 2.05 bits per heavy atom. The average molecular weight is 555 g/mol. The monoisotopic (exact) mass is 554 g/mol. The molecule has 0 aromatic heterocycles. The van der Waals surface area contributed by atoms with Gasteiger partial charge in [-0.1, -0.05) is 30.3 Å². The van der Waals surface area contributed by atoms with E-state index in [1.165, 1.54) is 16.7 Å². The summed E-state index contributed by atoms with van der Waals surface area (Å²) in [6.07, 6.45) is -3.86. The zero-order valence-corrected chi connectivity index (χ0v) is 24.3. The number of aliphatic hydroxyl groups is 1. The van der Waals surface area contributed by atoms with Crippen LogP contribution in [0.3, 0.4) is 0 Å². The number of anilines is 1. The number of hydrogen-bond acceptors (Lipinski definition) is 4. The van der Waals surface area contributed by atoms with E-state index in [1.807, 2.05) is 31.7 Å². The minimum absolute atomic E-state index is 0.0994. The van der Waals surface area contributed by atoms with Crippen molar-refractivity contribution in [2.45, 2.75) is 85.2 Å². The molecule has 4 nitrogen and oxygen atoms in total. The summed E-state index contributed by atoms with van der Waals surface area (Å²) >= 11 is 0. The van der Waals surface area contributed by atoms with Gasteiger partial charge < -0.3 is 14.7 Å². The molecule has 4 rings (SSSR count). The number of nitrogens with zero attached hydrogens (tertiary/aromatic N) is 2. The number of alkyl halides is 3. The summed E-state index contributed by atoms with van der Waals surface area (Å²) in [7, 11) is 0. The first-order chi connectivity index (χ1) is 18.7. The quantitative estimate of drug-likeness (QED) is 0.302. The molecule has 1 unspecified atom stereocenters. The van der Waals surface area contributed by atoms with Gasteiger partial charge in [0.15, 0.2) is 0 Å². The van der Waals surface area contributed by atoms with Gasteiger partial charge in [0.1, 0.15) is 0 Å².